The van der Waals surface area contributed by atoms with Gasteiger partial charge in [-0.1, -0.05) is 139 Å². The summed E-state index contributed by atoms with van der Waals surface area (Å²) in [7, 11) is 0. The highest BCUT2D eigenvalue weighted by Gasteiger charge is 2.54. The first-order valence-corrected chi connectivity index (χ1v) is 19.5. The number of hydrogen-bond acceptors (Lipinski definition) is 2. The van der Waals surface area contributed by atoms with E-state index in [0.29, 0.717) is 0 Å². The highest BCUT2D eigenvalue weighted by Crippen LogP contribution is 2.66. The van der Waals surface area contributed by atoms with E-state index in [0.717, 1.165) is 35.4 Å². The van der Waals surface area contributed by atoms with Crippen molar-refractivity contribution in [1.29, 1.82) is 0 Å². The van der Waals surface area contributed by atoms with Gasteiger partial charge in [0, 0.05) is 40.9 Å². The molecule has 2 heteroatoms. The summed E-state index contributed by atoms with van der Waals surface area (Å²) in [5.41, 5.74) is 14.0. The second-order valence-electron chi connectivity index (χ2n) is 16.0. The third-order valence-corrected chi connectivity index (χ3v) is 13.1. The van der Waals surface area contributed by atoms with Gasteiger partial charge in [-0.15, -0.1) is 0 Å². The molecule has 1 saturated heterocycles. The summed E-state index contributed by atoms with van der Waals surface area (Å²) in [5, 5.41) is 7.75. The molecular weight excluding hydrogens is 655 g/mol. The lowest BCUT2D eigenvalue weighted by Crippen LogP contribution is -2.35. The molecule has 2 nitrogen and oxygen atoms in total. The predicted molar refractivity (Wildman–Crippen MR) is 224 cm³/mol. The van der Waals surface area contributed by atoms with Crippen molar-refractivity contribution >= 4 is 44.1 Å². The molecule has 1 atom stereocenters. The Morgan fingerprint density at radius 3 is 1.96 bits per heavy atom. The zero-order valence-electron chi connectivity index (χ0n) is 30.6. The molecule has 4 aliphatic rings. The second-order valence-corrected chi connectivity index (χ2v) is 16.0. The molecule has 0 amide bonds. The Bertz CT molecular complexity index is 2870. The molecule has 0 N–H and O–H groups in total. The third kappa shape index (κ3) is 3.75. The van der Waals surface area contributed by atoms with Crippen LogP contribution in [0, 0.1) is 13.8 Å². The van der Waals surface area contributed by atoms with Crippen molar-refractivity contribution < 1.29 is 4.74 Å². The first-order valence-electron chi connectivity index (χ1n) is 19.5. The third-order valence-electron chi connectivity index (χ3n) is 13.1. The van der Waals surface area contributed by atoms with Crippen molar-refractivity contribution in [1.82, 2.24) is 0 Å². The van der Waals surface area contributed by atoms with Gasteiger partial charge in [0.2, 0.25) is 0 Å². The smallest absolute Gasteiger partial charge is 0.178 e. The number of benzene rings is 8. The van der Waals surface area contributed by atoms with Gasteiger partial charge in [0.15, 0.2) is 5.60 Å². The van der Waals surface area contributed by atoms with Crippen molar-refractivity contribution in [2.24, 2.45) is 0 Å². The maximum atomic E-state index is 7.80. The van der Waals surface area contributed by atoms with Gasteiger partial charge in [-0.25, -0.2) is 0 Å². The quantitative estimate of drug-likeness (QED) is 0.171. The minimum Gasteiger partial charge on any atom is -0.472 e. The molecule has 12 rings (SSSR count). The van der Waals surface area contributed by atoms with Gasteiger partial charge in [-0.3, -0.25) is 0 Å². The van der Waals surface area contributed by atoms with E-state index in [-0.39, 0.29) is 0 Å². The maximum absolute atomic E-state index is 7.80. The molecular formula is C52H39NO. The zero-order valence-corrected chi connectivity index (χ0v) is 30.6. The minimum atomic E-state index is -0.809. The normalized spacial score (nSPS) is 18.5. The van der Waals surface area contributed by atoms with Crippen LogP contribution in [0.15, 0.2) is 146 Å². The average Bonchev–Trinajstić information content (AvgIpc) is 3.94. The standard InChI is InChI=1S/C52H39NO/c1-32-16-24-39-42(30-32)50-41(26-27-51(54-50,36-12-4-3-5-13-36)37-20-22-38(23-21-37)53-28-6-7-29-53)49-48(39)40-25-17-33(2)31-45(40)52(49)43-14-8-10-34-18-19-35-11-9-15-44(52)47(35)46(34)43/h3-5,8-27,30-31H,6-7,28-29H2,1-2H3. The molecule has 0 radical (unpaired) electrons. The number of nitrogens with zero attached hydrogens (tertiary/aromatic N) is 1. The number of anilines is 1. The number of hydrogen-bond donors (Lipinski definition) is 0. The van der Waals surface area contributed by atoms with Crippen molar-refractivity contribution in [2.75, 3.05) is 18.0 Å². The van der Waals surface area contributed by atoms with Gasteiger partial charge < -0.3 is 9.64 Å². The predicted octanol–water partition coefficient (Wildman–Crippen LogP) is 12.4. The molecule has 1 spiro atoms. The molecule has 258 valence electrons. The van der Waals surface area contributed by atoms with Crippen molar-refractivity contribution in [3.8, 4) is 16.9 Å². The van der Waals surface area contributed by atoms with E-state index < -0.39 is 11.0 Å². The van der Waals surface area contributed by atoms with Crippen molar-refractivity contribution in [3.63, 3.8) is 0 Å². The molecule has 8 aromatic rings. The molecule has 1 unspecified atom stereocenters. The number of ether oxygens (including phenoxy) is 1. The van der Waals surface area contributed by atoms with E-state index in [1.807, 2.05) is 0 Å². The molecule has 2 aliphatic heterocycles. The van der Waals surface area contributed by atoms with Gasteiger partial charge in [0.1, 0.15) is 5.75 Å². The van der Waals surface area contributed by atoms with Crippen LogP contribution in [0.3, 0.4) is 0 Å². The monoisotopic (exact) mass is 693 g/mol. The van der Waals surface area contributed by atoms with E-state index in [4.69, 9.17) is 4.74 Å². The van der Waals surface area contributed by atoms with Crippen LogP contribution < -0.4 is 9.64 Å². The molecule has 2 aliphatic carbocycles. The Balaban J connectivity index is 1.20. The van der Waals surface area contributed by atoms with Gasteiger partial charge >= 0.3 is 0 Å². The summed E-state index contributed by atoms with van der Waals surface area (Å²) in [5.74, 6) is 0.960. The maximum Gasteiger partial charge on any atom is 0.178 e. The Hall–Kier alpha value is -6.12. The van der Waals surface area contributed by atoms with E-state index in [2.05, 4.69) is 170 Å². The van der Waals surface area contributed by atoms with Crippen LogP contribution in [0.2, 0.25) is 0 Å². The van der Waals surface area contributed by atoms with Crippen molar-refractivity contribution in [2.45, 2.75) is 37.7 Å². The molecule has 0 bridgehead atoms. The number of aryl methyl sites for hydroxylation is 2. The van der Waals surface area contributed by atoms with Crippen LogP contribution in [0.5, 0.6) is 5.75 Å². The van der Waals surface area contributed by atoms with E-state index in [1.165, 1.54) is 95.5 Å². The number of rotatable bonds is 3. The van der Waals surface area contributed by atoms with Crippen LogP contribution in [0.25, 0.3) is 49.5 Å². The lowest BCUT2D eigenvalue weighted by Gasteiger charge is -2.39. The first kappa shape index (κ1) is 30.4. The fourth-order valence-corrected chi connectivity index (χ4v) is 10.8. The van der Waals surface area contributed by atoms with Gasteiger partial charge in [-0.2, -0.15) is 0 Å². The van der Waals surface area contributed by atoms with Crippen molar-refractivity contribution in [3.05, 3.63) is 196 Å². The summed E-state index contributed by atoms with van der Waals surface area (Å²) in [4.78, 5) is 2.50. The minimum absolute atomic E-state index is 0.500. The summed E-state index contributed by atoms with van der Waals surface area (Å²) in [6, 6.07) is 52.7. The second kappa shape index (κ2) is 10.7. The van der Waals surface area contributed by atoms with Gasteiger partial charge in [-0.05, 0) is 111 Å². The van der Waals surface area contributed by atoms with Crippen LogP contribution in [0.4, 0.5) is 5.69 Å². The molecule has 1 fully saturated rings. The van der Waals surface area contributed by atoms with Gasteiger partial charge in [0.05, 0.1) is 5.41 Å². The van der Waals surface area contributed by atoms with Gasteiger partial charge in [0.25, 0.3) is 0 Å². The molecule has 0 saturated carbocycles. The largest absolute Gasteiger partial charge is 0.472 e. The van der Waals surface area contributed by atoms with E-state index in [9.17, 15) is 0 Å². The molecule has 0 aromatic heterocycles. The fraction of sp³-hybridized carbons (Fsp3) is 0.154. The first-order chi connectivity index (χ1) is 26.6. The van der Waals surface area contributed by atoms with Crippen LogP contribution in [-0.2, 0) is 11.0 Å². The fourth-order valence-electron chi connectivity index (χ4n) is 10.8. The van der Waals surface area contributed by atoms with Crippen LogP contribution in [-0.4, -0.2) is 13.1 Å². The Morgan fingerprint density at radius 2 is 1.24 bits per heavy atom. The molecule has 2 heterocycles. The summed E-state index contributed by atoms with van der Waals surface area (Å²) in [6.07, 6.45) is 7.29. The lowest BCUT2D eigenvalue weighted by atomic mass is 9.67. The molecule has 8 aromatic carbocycles. The van der Waals surface area contributed by atoms with Crippen LogP contribution in [0.1, 0.15) is 62.9 Å². The van der Waals surface area contributed by atoms with E-state index in [1.54, 1.807) is 0 Å². The summed E-state index contributed by atoms with van der Waals surface area (Å²) in [6.45, 7) is 6.69. The highest BCUT2D eigenvalue weighted by molar-refractivity contribution is 6.19. The zero-order chi connectivity index (χ0) is 35.8. The Labute approximate surface area is 316 Å². The number of fused-ring (bicyclic) bond motifs is 12. The SMILES string of the molecule is Cc1ccc2c(c1)C1(c3c4c(c5cc(C)ccc5c3-2)OC(c2ccccc2)(c2ccc(N3CCCC3)cc2)C=C4)c2cccc3ccc4cccc1c4c23. The van der Waals surface area contributed by atoms with Crippen LogP contribution >= 0.6 is 0 Å². The topological polar surface area (TPSA) is 12.5 Å². The van der Waals surface area contributed by atoms with E-state index >= 15 is 0 Å². The lowest BCUT2D eigenvalue weighted by molar-refractivity contribution is 0.163. The average molecular weight is 694 g/mol. The summed E-state index contributed by atoms with van der Waals surface area (Å²) < 4.78 is 7.80. The Kier molecular flexibility index (Phi) is 6.03. The highest BCUT2D eigenvalue weighted by atomic mass is 16.5. The molecule has 54 heavy (non-hydrogen) atoms. The summed E-state index contributed by atoms with van der Waals surface area (Å²) >= 11 is 0. The Morgan fingerprint density at radius 1 is 0.574 bits per heavy atom.